The molecule has 0 saturated heterocycles. The summed E-state index contributed by atoms with van der Waals surface area (Å²) in [7, 11) is 0. The second-order valence-electron chi connectivity index (χ2n) is 9.06. The van der Waals surface area contributed by atoms with Crippen molar-refractivity contribution < 1.29 is 4.42 Å². The van der Waals surface area contributed by atoms with E-state index in [1.165, 1.54) is 9.40 Å². The average molecular weight is 494 g/mol. The molecule has 0 spiro atoms. The van der Waals surface area contributed by atoms with Crippen molar-refractivity contribution in [2.75, 3.05) is 0 Å². The minimum Gasteiger partial charge on any atom is -0.437 e. The van der Waals surface area contributed by atoms with E-state index in [9.17, 15) is 0 Å². The van der Waals surface area contributed by atoms with Gasteiger partial charge in [-0.15, -0.1) is 11.3 Å². The van der Waals surface area contributed by atoms with Crippen LogP contribution in [0.25, 0.3) is 70.8 Å². The topological polar surface area (TPSA) is 43.9 Å². The fourth-order valence-corrected chi connectivity index (χ4v) is 6.35. The van der Waals surface area contributed by atoms with Crippen molar-refractivity contribution in [1.82, 2.24) is 14.5 Å². The molecule has 174 valence electrons. The van der Waals surface area contributed by atoms with Crippen LogP contribution in [0.5, 0.6) is 0 Å². The predicted octanol–water partition coefficient (Wildman–Crippen LogP) is 8.87. The van der Waals surface area contributed by atoms with Crippen LogP contribution >= 0.6 is 11.3 Å². The molecule has 0 amide bonds. The van der Waals surface area contributed by atoms with Gasteiger partial charge in [-0.2, -0.15) is 0 Å². The summed E-state index contributed by atoms with van der Waals surface area (Å²) >= 11 is 1.78. The van der Waals surface area contributed by atoms with Crippen molar-refractivity contribution in [3.63, 3.8) is 0 Å². The first-order valence-electron chi connectivity index (χ1n) is 12.2. The molecule has 37 heavy (non-hydrogen) atoms. The van der Waals surface area contributed by atoms with Gasteiger partial charge in [0.05, 0.1) is 21.3 Å². The van der Waals surface area contributed by atoms with E-state index < -0.39 is 0 Å². The van der Waals surface area contributed by atoms with E-state index in [4.69, 9.17) is 14.4 Å². The van der Waals surface area contributed by atoms with Gasteiger partial charge in [0.25, 0.3) is 0 Å². The van der Waals surface area contributed by atoms with Gasteiger partial charge in [0.2, 0.25) is 5.71 Å². The summed E-state index contributed by atoms with van der Waals surface area (Å²) in [4.78, 5) is 10.0. The molecule has 0 unspecified atom stereocenters. The Morgan fingerprint density at radius 1 is 0.649 bits per heavy atom. The van der Waals surface area contributed by atoms with Crippen LogP contribution < -0.4 is 0 Å². The second-order valence-corrected chi connectivity index (χ2v) is 10.1. The molecular weight excluding hydrogens is 474 g/mol. The van der Waals surface area contributed by atoms with Crippen LogP contribution in [0.4, 0.5) is 0 Å². The largest absolute Gasteiger partial charge is 0.437 e. The number of para-hydroxylation sites is 1. The maximum absolute atomic E-state index is 6.68. The van der Waals surface area contributed by atoms with Gasteiger partial charge in [-0.1, -0.05) is 91.0 Å². The minimum atomic E-state index is 0.682. The zero-order chi connectivity index (χ0) is 24.3. The quantitative estimate of drug-likeness (QED) is 0.247. The molecule has 0 atom stereocenters. The van der Waals surface area contributed by atoms with Gasteiger partial charge < -0.3 is 4.42 Å². The van der Waals surface area contributed by atoms with Crippen LogP contribution in [-0.2, 0) is 0 Å². The molecule has 8 aromatic rings. The Kier molecular flexibility index (Phi) is 4.36. The van der Waals surface area contributed by atoms with E-state index >= 15 is 0 Å². The molecule has 0 saturated carbocycles. The van der Waals surface area contributed by atoms with Gasteiger partial charge in [0, 0.05) is 32.7 Å². The molecule has 4 aromatic carbocycles. The van der Waals surface area contributed by atoms with Crippen molar-refractivity contribution >= 4 is 53.7 Å². The van der Waals surface area contributed by atoms with Crippen LogP contribution in [0.3, 0.4) is 0 Å². The molecule has 0 aliphatic rings. The minimum absolute atomic E-state index is 0.682. The van der Waals surface area contributed by atoms with Crippen molar-refractivity contribution in [2.24, 2.45) is 0 Å². The molecule has 4 heterocycles. The standard InChI is InChI=1S/C32H19N3OS/c1-3-11-20(12-4-1)24-19-27(34-31(33-24)21-13-5-2-6-14-21)35-25-17-9-7-15-22(25)28-30-29(36-32(28)35)23-16-8-10-18-26(23)37-30/h1-19H. The lowest BCUT2D eigenvalue weighted by Crippen LogP contribution is -2.02. The molecule has 4 nitrogen and oxygen atoms in total. The van der Waals surface area contributed by atoms with Gasteiger partial charge in [-0.05, 0) is 18.2 Å². The SMILES string of the molecule is c1ccc(-c2cc(-n3c4ccccc4c4c5sc6ccccc6c5oc43)nc(-c3ccccc3)n2)cc1. The molecule has 0 bridgehead atoms. The van der Waals surface area contributed by atoms with Gasteiger partial charge >= 0.3 is 0 Å². The lowest BCUT2D eigenvalue weighted by atomic mass is 10.1. The number of aromatic nitrogens is 3. The highest BCUT2D eigenvalue weighted by Crippen LogP contribution is 2.45. The molecule has 5 heteroatoms. The first-order valence-corrected chi connectivity index (χ1v) is 13.0. The second kappa shape index (κ2) is 7.88. The number of fused-ring (bicyclic) bond motifs is 7. The number of thiophene rings is 1. The van der Waals surface area contributed by atoms with Crippen LogP contribution in [0.2, 0.25) is 0 Å². The van der Waals surface area contributed by atoms with E-state index in [2.05, 4.69) is 71.3 Å². The zero-order valence-corrected chi connectivity index (χ0v) is 20.4. The first-order chi connectivity index (χ1) is 18.3. The van der Waals surface area contributed by atoms with E-state index in [0.717, 1.165) is 55.6 Å². The van der Waals surface area contributed by atoms with Gasteiger partial charge in [-0.25, -0.2) is 9.97 Å². The molecule has 0 aliphatic carbocycles. The maximum Gasteiger partial charge on any atom is 0.215 e. The molecule has 0 N–H and O–H groups in total. The highest BCUT2D eigenvalue weighted by molar-refractivity contribution is 7.26. The Morgan fingerprint density at radius 3 is 2.14 bits per heavy atom. The third kappa shape index (κ3) is 3.08. The Labute approximate surface area is 216 Å². The Bertz CT molecular complexity index is 2030. The maximum atomic E-state index is 6.68. The fraction of sp³-hybridized carbons (Fsp3) is 0. The Morgan fingerprint density at radius 2 is 1.32 bits per heavy atom. The van der Waals surface area contributed by atoms with Crippen LogP contribution in [0, 0.1) is 0 Å². The third-order valence-electron chi connectivity index (χ3n) is 6.85. The van der Waals surface area contributed by atoms with Gasteiger partial charge in [0.1, 0.15) is 5.82 Å². The molecule has 0 aliphatic heterocycles. The van der Waals surface area contributed by atoms with Crippen molar-refractivity contribution in [1.29, 1.82) is 0 Å². The Hall–Kier alpha value is -4.74. The van der Waals surface area contributed by atoms with E-state index in [0.29, 0.717) is 5.82 Å². The first kappa shape index (κ1) is 20.5. The lowest BCUT2D eigenvalue weighted by molar-refractivity contribution is 0.647. The monoisotopic (exact) mass is 493 g/mol. The summed E-state index contributed by atoms with van der Waals surface area (Å²) in [5.74, 6) is 1.46. The van der Waals surface area contributed by atoms with E-state index in [1.54, 1.807) is 11.3 Å². The number of furan rings is 1. The smallest absolute Gasteiger partial charge is 0.215 e. The summed E-state index contributed by atoms with van der Waals surface area (Å²) in [6.07, 6.45) is 0. The third-order valence-corrected chi connectivity index (χ3v) is 8.02. The number of nitrogens with zero attached hydrogens (tertiary/aromatic N) is 3. The zero-order valence-electron chi connectivity index (χ0n) is 19.6. The number of hydrogen-bond donors (Lipinski definition) is 0. The molecule has 0 fully saturated rings. The van der Waals surface area contributed by atoms with Crippen molar-refractivity contribution in [3.05, 3.63) is 115 Å². The summed E-state index contributed by atoms with van der Waals surface area (Å²) in [5.41, 5.74) is 5.69. The molecule has 4 aromatic heterocycles. The summed E-state index contributed by atoms with van der Waals surface area (Å²) < 4.78 is 11.2. The van der Waals surface area contributed by atoms with E-state index in [1.807, 2.05) is 48.5 Å². The summed E-state index contributed by atoms with van der Waals surface area (Å²) in [6.45, 7) is 0. The highest BCUT2D eigenvalue weighted by Gasteiger charge is 2.23. The number of hydrogen-bond acceptors (Lipinski definition) is 4. The molecular formula is C32H19N3OS. The van der Waals surface area contributed by atoms with Gasteiger partial charge in [-0.3, -0.25) is 4.57 Å². The normalized spacial score (nSPS) is 11.8. The van der Waals surface area contributed by atoms with Crippen LogP contribution in [0.15, 0.2) is 120 Å². The highest BCUT2D eigenvalue weighted by atomic mass is 32.1. The van der Waals surface area contributed by atoms with Crippen LogP contribution in [0.1, 0.15) is 0 Å². The number of benzene rings is 4. The van der Waals surface area contributed by atoms with Crippen molar-refractivity contribution in [3.8, 4) is 28.5 Å². The number of rotatable bonds is 3. The predicted molar refractivity (Wildman–Crippen MR) is 152 cm³/mol. The van der Waals surface area contributed by atoms with Crippen LogP contribution in [-0.4, -0.2) is 14.5 Å². The molecule has 8 rings (SSSR count). The summed E-state index contributed by atoms with van der Waals surface area (Å²) in [5, 5.41) is 3.43. The lowest BCUT2D eigenvalue weighted by Gasteiger charge is -2.11. The van der Waals surface area contributed by atoms with Crippen molar-refractivity contribution in [2.45, 2.75) is 0 Å². The fourth-order valence-electron chi connectivity index (χ4n) is 5.17. The average Bonchev–Trinajstić information content (AvgIpc) is 3.61. The molecule has 0 radical (unpaired) electrons. The summed E-state index contributed by atoms with van der Waals surface area (Å²) in [6, 6.07) is 39.3. The van der Waals surface area contributed by atoms with E-state index in [-0.39, 0.29) is 0 Å². The van der Waals surface area contributed by atoms with Gasteiger partial charge in [0.15, 0.2) is 11.4 Å². The Balaban J connectivity index is 1.49.